The summed E-state index contributed by atoms with van der Waals surface area (Å²) in [5, 5.41) is 11.8. The molecule has 1 heterocycles. The number of aryl methyl sites for hydroxylation is 2. The van der Waals surface area contributed by atoms with Crippen molar-refractivity contribution in [2.45, 2.75) is 33.1 Å². The van der Waals surface area contributed by atoms with Crippen molar-refractivity contribution in [3.8, 4) is 50.3 Å². The minimum absolute atomic E-state index is 0.303. The molecule has 0 amide bonds. The average molecular weight is 902 g/mol. The van der Waals surface area contributed by atoms with E-state index >= 15 is 0 Å². The van der Waals surface area contributed by atoms with Crippen LogP contribution in [0.2, 0.25) is 0 Å². The maximum atomic E-state index is 13.5. The van der Waals surface area contributed by atoms with Gasteiger partial charge in [0.2, 0.25) is 0 Å². The van der Waals surface area contributed by atoms with Gasteiger partial charge in [0, 0.05) is 11.1 Å². The fourth-order valence-corrected chi connectivity index (χ4v) is 8.33. The van der Waals surface area contributed by atoms with E-state index in [1.54, 1.807) is 4.40 Å². The molecule has 0 aliphatic heterocycles. The molecule has 8 rings (SSSR count). The number of aromatic hydroxyl groups is 1. The second kappa shape index (κ2) is 20.3. The van der Waals surface area contributed by atoms with Gasteiger partial charge in [-0.05, 0) is 39.4 Å². The second-order valence-corrected chi connectivity index (χ2v) is 16.1. The van der Waals surface area contributed by atoms with E-state index in [2.05, 4.69) is 63.1 Å². The Morgan fingerprint density at radius 2 is 0.836 bits per heavy atom. The van der Waals surface area contributed by atoms with E-state index in [1.807, 2.05) is 143 Å². The van der Waals surface area contributed by atoms with Crippen LogP contribution in [0, 0.1) is 42.9 Å². The summed E-state index contributed by atoms with van der Waals surface area (Å²) in [5.41, 5.74) is 9.56. The van der Waals surface area contributed by atoms with E-state index in [9.17, 15) is 27.1 Å². The molecule has 7 aromatic carbocycles. The monoisotopic (exact) mass is 903 g/mol. The summed E-state index contributed by atoms with van der Waals surface area (Å²) in [5.74, 6) is -9.60. The number of rotatable bonds is 7. The normalized spacial score (nSPS) is 10.8. The van der Waals surface area contributed by atoms with Gasteiger partial charge in [0.15, 0.2) is 0 Å². The van der Waals surface area contributed by atoms with Crippen molar-refractivity contribution in [1.29, 1.82) is 0 Å². The first-order chi connectivity index (χ1) is 29.4. The predicted molar refractivity (Wildman–Crippen MR) is 233 cm³/mol. The van der Waals surface area contributed by atoms with Crippen LogP contribution in [0.3, 0.4) is 0 Å². The number of hydrogen-bond acceptors (Lipinski definition) is 2. The third-order valence-corrected chi connectivity index (χ3v) is 12.1. The molecule has 0 bridgehead atoms. The van der Waals surface area contributed by atoms with Gasteiger partial charge < -0.3 is 10.1 Å². The summed E-state index contributed by atoms with van der Waals surface area (Å²) in [4.78, 5) is 4.11. The molecule has 308 valence electrons. The molecule has 61 heavy (non-hydrogen) atoms. The van der Waals surface area contributed by atoms with Gasteiger partial charge in [-0.15, -0.1) is 0 Å². The van der Waals surface area contributed by atoms with Crippen molar-refractivity contribution >= 4 is 10.1 Å². The number of aromatic nitrogens is 1. The zero-order chi connectivity index (χ0) is 43.5. The van der Waals surface area contributed by atoms with Gasteiger partial charge in [0.25, 0.3) is 0 Å². The van der Waals surface area contributed by atoms with Gasteiger partial charge in [-0.3, -0.25) is 0 Å². The van der Waals surface area contributed by atoms with Crippen LogP contribution in [0.5, 0.6) is 5.75 Å². The summed E-state index contributed by atoms with van der Waals surface area (Å²) >= 11 is -1.47. The molecule has 0 atom stereocenters. The van der Waals surface area contributed by atoms with Gasteiger partial charge in [0.1, 0.15) is 5.75 Å². The van der Waals surface area contributed by atoms with E-state index in [1.165, 1.54) is 0 Å². The van der Waals surface area contributed by atoms with E-state index < -0.39 is 58.1 Å². The van der Waals surface area contributed by atoms with Crippen LogP contribution in [-0.2, 0) is 23.3 Å². The molecule has 0 aliphatic carbocycles. The standard InChI is InChI=1S/C30H22O.C10H12.C6F5N.C6H8N.Mo/c31-30-28(24-17-9-3-10-18-24)26(22-13-5-1-6-14-22)21-27(23-15-7-2-8-16-23)29(30)25-19-11-4-12-20-25;1-10(2,3)9-7-5-4-6-8-9;7-1-2(8)4(10)6(12)5(11)3(1)9;1-5-3-4-6(2)7-5;/h1-21,31H;1,4-8H,2-3H3;;3-4H,1-2H3;/q;;;-1;. The quantitative estimate of drug-likeness (QED) is 0.0750. The Hall–Kier alpha value is -6.37. The first-order valence-corrected chi connectivity index (χ1v) is 21.4. The molecule has 0 saturated heterocycles. The molecule has 0 unspecified atom stereocenters. The molecule has 9 heteroatoms. The largest absolute Gasteiger partial charge is 0.665 e. The van der Waals surface area contributed by atoms with Crippen molar-refractivity contribution in [2.24, 2.45) is 3.50 Å². The van der Waals surface area contributed by atoms with Gasteiger partial charge >= 0.3 is 138 Å². The topological polar surface area (TPSA) is 46.7 Å². The molecule has 1 N–H and O–H groups in total. The van der Waals surface area contributed by atoms with Gasteiger partial charge in [-0.2, -0.15) is 11.4 Å². The van der Waals surface area contributed by atoms with E-state index in [0.29, 0.717) is 5.75 Å². The number of hydrogen-bond donors (Lipinski definition) is 1. The Balaban J connectivity index is 0.000000182. The molecule has 8 aromatic rings. The summed E-state index contributed by atoms with van der Waals surface area (Å²) in [6.07, 6.45) is 0. The van der Waals surface area contributed by atoms with Gasteiger partial charge in [-0.25, -0.2) is 0 Å². The van der Waals surface area contributed by atoms with E-state index in [-0.39, 0.29) is 0 Å². The van der Waals surface area contributed by atoms with E-state index in [4.69, 9.17) is 0 Å². The van der Waals surface area contributed by atoms with Crippen molar-refractivity contribution in [2.75, 3.05) is 0 Å². The van der Waals surface area contributed by atoms with Crippen molar-refractivity contribution in [1.82, 2.24) is 4.98 Å². The Labute approximate surface area is 361 Å². The van der Waals surface area contributed by atoms with Crippen LogP contribution in [0.4, 0.5) is 27.6 Å². The average Bonchev–Trinajstić information content (AvgIpc) is 3.69. The van der Waals surface area contributed by atoms with Crippen molar-refractivity contribution in [3.63, 3.8) is 0 Å². The van der Waals surface area contributed by atoms with Crippen LogP contribution >= 0.6 is 0 Å². The zero-order valence-electron chi connectivity index (χ0n) is 33.9. The summed E-state index contributed by atoms with van der Waals surface area (Å²) in [7, 11) is 0. The van der Waals surface area contributed by atoms with Crippen molar-refractivity contribution in [3.05, 3.63) is 216 Å². The first-order valence-electron chi connectivity index (χ1n) is 19.3. The van der Waals surface area contributed by atoms with E-state index in [0.717, 1.165) is 61.5 Å². The van der Waals surface area contributed by atoms with Crippen LogP contribution in [0.15, 0.2) is 173 Å². The number of benzene rings is 7. The molecule has 0 aliphatic rings. The summed E-state index contributed by atoms with van der Waals surface area (Å²) < 4.78 is 71.7. The van der Waals surface area contributed by atoms with Crippen LogP contribution in [-0.4, -0.2) is 9.51 Å². The maximum Gasteiger partial charge on any atom is 0.132 e. The Morgan fingerprint density at radius 1 is 0.492 bits per heavy atom. The van der Waals surface area contributed by atoms with Crippen LogP contribution < -0.4 is 4.98 Å². The van der Waals surface area contributed by atoms with Crippen molar-refractivity contribution < 1.29 is 45.0 Å². The molecule has 3 nitrogen and oxygen atoms in total. The third kappa shape index (κ3) is 10.7. The fraction of sp³-hybridized carbons (Fsp3) is 0.0962. The molecule has 0 fully saturated rings. The Bertz CT molecular complexity index is 2620. The summed E-state index contributed by atoms with van der Waals surface area (Å²) in [6, 6.07) is 56.4. The predicted octanol–water partition coefficient (Wildman–Crippen LogP) is 14.4. The minimum atomic E-state index is -2.17. The Kier molecular flexibility index (Phi) is 14.7. The van der Waals surface area contributed by atoms with Crippen LogP contribution in [0.25, 0.3) is 44.5 Å². The molecule has 1 aromatic heterocycles. The van der Waals surface area contributed by atoms with Gasteiger partial charge in [0.05, 0.1) is 0 Å². The van der Waals surface area contributed by atoms with Gasteiger partial charge in [-0.1, -0.05) is 147 Å². The first kappa shape index (κ1) is 44.2. The number of nitrogens with zero attached hydrogens (tertiary/aromatic N) is 2. The SMILES string of the molecule is CC(C)([CH]=[Mo]=[N]c1c(F)c(F)c(F)c(F)c1F)c1ccccc1.Cc1ccc(C)[n-]1.Oc1c(-c2ccccc2)c(-c2ccccc2)cc(-c2ccccc2)c1-c1ccccc1. The zero-order valence-corrected chi connectivity index (χ0v) is 35.9. The minimum Gasteiger partial charge on any atom is -0.665 e. The molecular formula is C52H42F5MoN2O-. The third-order valence-electron chi connectivity index (χ3n) is 9.71. The fourth-order valence-electron chi connectivity index (χ4n) is 6.57. The molecule has 0 spiro atoms. The number of halogens is 5. The number of phenolic OH excluding ortho intramolecular Hbond substituents is 1. The second-order valence-electron chi connectivity index (χ2n) is 14.6. The maximum absolute atomic E-state index is 13.5. The molecular weight excluding hydrogens is 860 g/mol. The number of phenols is 1. The Morgan fingerprint density at radius 3 is 1.20 bits per heavy atom. The smallest absolute Gasteiger partial charge is 0.132 e. The molecule has 0 radical (unpaired) electrons. The molecule has 0 saturated carbocycles. The van der Waals surface area contributed by atoms with Crippen LogP contribution in [0.1, 0.15) is 30.8 Å². The summed E-state index contributed by atoms with van der Waals surface area (Å²) in [6.45, 7) is 7.77.